The lowest BCUT2D eigenvalue weighted by molar-refractivity contribution is 0.645. The molecule has 0 fully saturated rings. The summed E-state index contributed by atoms with van der Waals surface area (Å²) in [5, 5.41) is 5.92. The summed E-state index contributed by atoms with van der Waals surface area (Å²) in [6.45, 7) is 0. The van der Waals surface area contributed by atoms with Gasteiger partial charge in [-0.25, -0.2) is 0 Å². The second-order valence-corrected chi connectivity index (χ2v) is 15.3. The molecule has 12 rings (SSSR count). The minimum absolute atomic E-state index is 0.863. The number of nitrogens with zero attached hydrogens (tertiary/aromatic N) is 2. The molecule has 59 heavy (non-hydrogen) atoms. The van der Waals surface area contributed by atoms with Crippen molar-refractivity contribution in [2.75, 3.05) is 0 Å². The Morgan fingerprint density at radius 3 is 1.51 bits per heavy atom. The second-order valence-electron chi connectivity index (χ2n) is 15.3. The first-order valence-corrected chi connectivity index (χ1v) is 20.2. The van der Waals surface area contributed by atoms with E-state index in [1.165, 1.54) is 55.0 Å². The zero-order chi connectivity index (χ0) is 38.9. The van der Waals surface area contributed by atoms with E-state index in [1.807, 2.05) is 6.07 Å². The Kier molecular flexibility index (Phi) is 7.54. The van der Waals surface area contributed by atoms with E-state index in [0.717, 1.165) is 55.7 Å². The van der Waals surface area contributed by atoms with Crippen LogP contribution in [0.4, 0.5) is 0 Å². The van der Waals surface area contributed by atoms with Gasteiger partial charge in [-0.2, -0.15) is 0 Å². The van der Waals surface area contributed by atoms with E-state index >= 15 is 0 Å². The van der Waals surface area contributed by atoms with E-state index in [2.05, 4.69) is 221 Å². The standard InChI is InChI=1S/C56H36N2O/c1-4-15-37(16-5-1)41-29-31-50-48(35-41)49-36-42(38-17-6-2-7-18-38)30-32-51(49)57(50)45-24-13-20-40(34-45)39-19-12-21-43(33-39)46-26-14-27-52-54(46)55-47-25-10-11-28-53(47)59-56(55)58(52)44-22-8-3-9-23-44/h1-36H. The third-order valence-electron chi connectivity index (χ3n) is 11.9. The first-order valence-electron chi connectivity index (χ1n) is 20.2. The Balaban J connectivity index is 1.02. The Hall–Kier alpha value is -7.88. The van der Waals surface area contributed by atoms with Crippen molar-refractivity contribution in [1.82, 2.24) is 9.13 Å². The van der Waals surface area contributed by atoms with Gasteiger partial charge in [0.1, 0.15) is 5.58 Å². The smallest absolute Gasteiger partial charge is 0.213 e. The minimum Gasteiger partial charge on any atom is -0.439 e. The van der Waals surface area contributed by atoms with E-state index in [0.29, 0.717) is 0 Å². The summed E-state index contributed by atoms with van der Waals surface area (Å²) in [6, 6.07) is 78.6. The normalized spacial score (nSPS) is 11.7. The zero-order valence-corrected chi connectivity index (χ0v) is 32.1. The van der Waals surface area contributed by atoms with Crippen LogP contribution in [0.2, 0.25) is 0 Å². The molecule has 0 saturated heterocycles. The largest absolute Gasteiger partial charge is 0.439 e. The molecule has 0 aliphatic heterocycles. The Morgan fingerprint density at radius 1 is 0.288 bits per heavy atom. The highest BCUT2D eigenvalue weighted by Crippen LogP contribution is 2.44. The maximum absolute atomic E-state index is 6.64. The van der Waals surface area contributed by atoms with E-state index in [-0.39, 0.29) is 0 Å². The molecule has 3 heterocycles. The van der Waals surface area contributed by atoms with Gasteiger partial charge in [-0.05, 0) is 111 Å². The van der Waals surface area contributed by atoms with Crippen LogP contribution < -0.4 is 0 Å². The predicted molar refractivity (Wildman–Crippen MR) is 247 cm³/mol. The highest BCUT2D eigenvalue weighted by atomic mass is 16.3. The van der Waals surface area contributed by atoms with Crippen molar-refractivity contribution in [3.05, 3.63) is 218 Å². The van der Waals surface area contributed by atoms with Crippen LogP contribution in [0.3, 0.4) is 0 Å². The minimum atomic E-state index is 0.863. The van der Waals surface area contributed by atoms with Gasteiger partial charge in [0.2, 0.25) is 5.71 Å². The van der Waals surface area contributed by atoms with Crippen LogP contribution in [0, 0.1) is 0 Å². The molecule has 0 radical (unpaired) electrons. The van der Waals surface area contributed by atoms with Gasteiger partial charge < -0.3 is 8.98 Å². The van der Waals surface area contributed by atoms with Gasteiger partial charge in [0.05, 0.1) is 21.9 Å². The summed E-state index contributed by atoms with van der Waals surface area (Å²) < 4.78 is 11.3. The average molecular weight is 753 g/mol. The molecule has 0 amide bonds. The maximum Gasteiger partial charge on any atom is 0.213 e. The van der Waals surface area contributed by atoms with Gasteiger partial charge in [0.15, 0.2) is 0 Å². The molecule has 0 aliphatic rings. The molecule has 3 nitrogen and oxygen atoms in total. The summed E-state index contributed by atoms with van der Waals surface area (Å²) in [4.78, 5) is 0. The molecule has 0 atom stereocenters. The monoisotopic (exact) mass is 752 g/mol. The van der Waals surface area contributed by atoms with Crippen molar-refractivity contribution in [2.24, 2.45) is 0 Å². The molecule has 0 aliphatic carbocycles. The summed E-state index contributed by atoms with van der Waals surface area (Å²) in [7, 11) is 0. The van der Waals surface area contributed by atoms with Gasteiger partial charge in [0.25, 0.3) is 0 Å². The van der Waals surface area contributed by atoms with Crippen molar-refractivity contribution < 1.29 is 4.42 Å². The SMILES string of the molecule is c1ccc(-c2ccc3c(c2)c2cc(-c4ccccc4)ccc2n3-c2cccc(-c3cccc(-c4cccc5c4c4c6ccccc6oc4n5-c4ccccc4)c3)c2)cc1. The average Bonchev–Trinajstić information content (AvgIpc) is 3.96. The van der Waals surface area contributed by atoms with Crippen molar-refractivity contribution >= 4 is 54.8 Å². The molecule has 9 aromatic carbocycles. The Bertz CT molecular complexity index is 3440. The summed E-state index contributed by atoms with van der Waals surface area (Å²) >= 11 is 0. The van der Waals surface area contributed by atoms with Crippen LogP contribution in [0.1, 0.15) is 0 Å². The Labute approximate surface area is 341 Å². The lowest BCUT2D eigenvalue weighted by Gasteiger charge is -2.12. The molecule has 3 aromatic heterocycles. The lowest BCUT2D eigenvalue weighted by atomic mass is 9.95. The van der Waals surface area contributed by atoms with Gasteiger partial charge in [-0.15, -0.1) is 0 Å². The van der Waals surface area contributed by atoms with Gasteiger partial charge >= 0.3 is 0 Å². The van der Waals surface area contributed by atoms with E-state index in [9.17, 15) is 0 Å². The molecule has 0 unspecified atom stereocenters. The van der Waals surface area contributed by atoms with Crippen molar-refractivity contribution in [2.45, 2.75) is 0 Å². The zero-order valence-electron chi connectivity index (χ0n) is 32.1. The highest BCUT2D eigenvalue weighted by Gasteiger charge is 2.22. The number of rotatable bonds is 6. The third kappa shape index (κ3) is 5.36. The molecule has 3 heteroatoms. The summed E-state index contributed by atoms with van der Waals surface area (Å²) in [5.74, 6) is 0. The summed E-state index contributed by atoms with van der Waals surface area (Å²) in [6.07, 6.45) is 0. The van der Waals surface area contributed by atoms with Crippen molar-refractivity contribution in [3.63, 3.8) is 0 Å². The fourth-order valence-corrected chi connectivity index (χ4v) is 9.22. The first kappa shape index (κ1) is 33.3. The molecule has 0 saturated carbocycles. The van der Waals surface area contributed by atoms with Crippen LogP contribution >= 0.6 is 0 Å². The molecule has 0 bridgehead atoms. The van der Waals surface area contributed by atoms with Gasteiger partial charge in [-0.3, -0.25) is 4.57 Å². The van der Waals surface area contributed by atoms with E-state index in [1.54, 1.807) is 0 Å². The molecule has 0 spiro atoms. The predicted octanol–water partition coefficient (Wildman–Crippen LogP) is 15.3. The van der Waals surface area contributed by atoms with Crippen molar-refractivity contribution in [3.8, 4) is 55.9 Å². The fraction of sp³-hybridized carbons (Fsp3) is 0. The van der Waals surface area contributed by atoms with Crippen molar-refractivity contribution in [1.29, 1.82) is 0 Å². The second kappa shape index (κ2) is 13.4. The van der Waals surface area contributed by atoms with Crippen LogP contribution in [0.5, 0.6) is 0 Å². The van der Waals surface area contributed by atoms with E-state index < -0.39 is 0 Å². The fourth-order valence-electron chi connectivity index (χ4n) is 9.22. The van der Waals surface area contributed by atoms with Crippen LogP contribution in [-0.2, 0) is 0 Å². The molecule has 12 aromatic rings. The van der Waals surface area contributed by atoms with Crippen LogP contribution in [0.25, 0.3) is 111 Å². The number of para-hydroxylation sites is 2. The highest BCUT2D eigenvalue weighted by molar-refractivity contribution is 6.24. The first-order chi connectivity index (χ1) is 29.3. The van der Waals surface area contributed by atoms with Crippen LogP contribution in [-0.4, -0.2) is 9.13 Å². The van der Waals surface area contributed by atoms with Gasteiger partial charge in [0, 0.05) is 32.9 Å². The number of aromatic nitrogens is 2. The lowest BCUT2D eigenvalue weighted by Crippen LogP contribution is -1.94. The van der Waals surface area contributed by atoms with Gasteiger partial charge in [-0.1, -0.05) is 152 Å². The topological polar surface area (TPSA) is 23.0 Å². The number of benzene rings is 9. The maximum atomic E-state index is 6.64. The molecular formula is C56H36N2O. The number of furan rings is 1. The molecule has 276 valence electrons. The molecular weight excluding hydrogens is 717 g/mol. The Morgan fingerprint density at radius 2 is 0.814 bits per heavy atom. The summed E-state index contributed by atoms with van der Waals surface area (Å²) in [5.41, 5.74) is 17.0. The van der Waals surface area contributed by atoms with E-state index in [4.69, 9.17) is 4.42 Å². The number of fused-ring (bicyclic) bond motifs is 8. The van der Waals surface area contributed by atoms with Crippen LogP contribution in [0.15, 0.2) is 223 Å². The number of hydrogen-bond donors (Lipinski definition) is 0. The quantitative estimate of drug-likeness (QED) is 0.166. The number of hydrogen-bond acceptors (Lipinski definition) is 1. The third-order valence-corrected chi connectivity index (χ3v) is 11.9. The molecule has 0 N–H and O–H groups in total.